The van der Waals surface area contributed by atoms with Gasteiger partial charge in [-0.05, 0) is 57.8 Å². The normalized spacial score (nSPS) is 21.0. The summed E-state index contributed by atoms with van der Waals surface area (Å²) in [6.07, 6.45) is 9.76. The van der Waals surface area contributed by atoms with Crippen molar-refractivity contribution < 1.29 is 19.4 Å². The van der Waals surface area contributed by atoms with Crippen molar-refractivity contribution in [3.63, 3.8) is 0 Å². The number of allylic oxidation sites excluding steroid dienone is 1. The molecule has 0 spiro atoms. The van der Waals surface area contributed by atoms with Gasteiger partial charge in [0, 0.05) is 13.0 Å². The number of hydrogen-bond donors (Lipinski definition) is 1. The molecule has 0 heterocycles. The zero-order valence-corrected chi connectivity index (χ0v) is 21.3. The lowest BCUT2D eigenvalue weighted by atomic mass is 9.81. The molecule has 3 unspecified atom stereocenters. The Labute approximate surface area is 187 Å². The first-order valence-corrected chi connectivity index (χ1v) is 12.5. The summed E-state index contributed by atoms with van der Waals surface area (Å²) in [5, 5.41) is 8.85. The molecule has 0 aromatic carbocycles. The van der Waals surface area contributed by atoms with Gasteiger partial charge in [0.15, 0.2) is 0 Å². The Morgan fingerprint density at radius 3 is 1.77 bits per heavy atom. The standard InChI is InChI=1S/C15H28O3.C9H18O.C2H6/c1-7-11(4)17-13(6)10-14(9-3)15(16)18-12(5)8-2;1-2-8-3-5-9(7-10)6-4-8;1-2/h11-12,14H,6-10H2,1-5H3;8-10H,2-7H2,1H3;1-2H3. The Kier molecular flexibility index (Phi) is 20.7. The second-order valence-electron chi connectivity index (χ2n) is 8.32. The molecule has 1 N–H and O–H groups in total. The lowest BCUT2D eigenvalue weighted by Gasteiger charge is -2.26. The molecule has 4 nitrogen and oxygen atoms in total. The Hall–Kier alpha value is -1.03. The molecule has 0 saturated heterocycles. The molecule has 1 rings (SSSR count). The van der Waals surface area contributed by atoms with E-state index in [4.69, 9.17) is 14.6 Å². The van der Waals surface area contributed by atoms with Crippen molar-refractivity contribution in [2.75, 3.05) is 6.61 Å². The van der Waals surface area contributed by atoms with Crippen molar-refractivity contribution >= 4 is 5.97 Å². The van der Waals surface area contributed by atoms with Crippen LogP contribution in [0.15, 0.2) is 12.3 Å². The van der Waals surface area contributed by atoms with Crippen LogP contribution in [0, 0.1) is 17.8 Å². The van der Waals surface area contributed by atoms with Crippen molar-refractivity contribution in [3.05, 3.63) is 12.3 Å². The van der Waals surface area contributed by atoms with E-state index in [2.05, 4.69) is 20.4 Å². The summed E-state index contributed by atoms with van der Waals surface area (Å²) in [5.41, 5.74) is 0. The van der Waals surface area contributed by atoms with Crippen molar-refractivity contribution in [2.45, 2.75) is 125 Å². The predicted octanol–water partition coefficient (Wildman–Crippen LogP) is 7.29. The Balaban J connectivity index is 0. The van der Waals surface area contributed by atoms with Gasteiger partial charge in [-0.1, -0.05) is 67.4 Å². The molecule has 0 radical (unpaired) electrons. The molecule has 0 aliphatic heterocycles. The number of ether oxygens (including phenoxy) is 2. The highest BCUT2D eigenvalue weighted by Gasteiger charge is 2.22. The molecule has 0 amide bonds. The average molecular weight is 429 g/mol. The Bertz CT molecular complexity index is 401. The minimum absolute atomic E-state index is 0.0182. The average Bonchev–Trinajstić information content (AvgIpc) is 2.78. The molecule has 4 heteroatoms. The minimum Gasteiger partial charge on any atom is -0.496 e. The highest BCUT2D eigenvalue weighted by Crippen LogP contribution is 2.29. The summed E-state index contributed by atoms with van der Waals surface area (Å²) in [6.45, 7) is 20.5. The zero-order chi connectivity index (χ0) is 23.5. The van der Waals surface area contributed by atoms with Gasteiger partial charge in [-0.2, -0.15) is 0 Å². The van der Waals surface area contributed by atoms with Crippen LogP contribution in [0.1, 0.15) is 113 Å². The number of carbonyl (C=O) groups is 1. The number of rotatable bonds is 11. The van der Waals surface area contributed by atoms with E-state index in [1.807, 2.05) is 41.5 Å². The largest absolute Gasteiger partial charge is 0.496 e. The summed E-state index contributed by atoms with van der Waals surface area (Å²) in [4.78, 5) is 11.9. The van der Waals surface area contributed by atoms with Gasteiger partial charge >= 0.3 is 5.97 Å². The number of aliphatic hydroxyl groups excluding tert-OH is 1. The molecule has 1 saturated carbocycles. The SMILES string of the molecule is C=C(CC(CC)C(=O)OC(C)CC)OC(C)CC.CC.CCC1CCC(CO)CC1. The summed E-state index contributed by atoms with van der Waals surface area (Å²) < 4.78 is 11.0. The predicted molar refractivity (Wildman–Crippen MR) is 128 cm³/mol. The van der Waals surface area contributed by atoms with E-state index >= 15 is 0 Å². The van der Waals surface area contributed by atoms with Gasteiger partial charge in [-0.15, -0.1) is 0 Å². The van der Waals surface area contributed by atoms with Gasteiger partial charge in [0.2, 0.25) is 0 Å². The first-order chi connectivity index (χ1) is 14.3. The van der Waals surface area contributed by atoms with Gasteiger partial charge in [0.25, 0.3) is 0 Å². The molecule has 3 atom stereocenters. The molecule has 30 heavy (non-hydrogen) atoms. The molecule has 180 valence electrons. The van der Waals surface area contributed by atoms with E-state index in [1.54, 1.807) is 0 Å². The molecule has 1 fully saturated rings. The number of carbonyl (C=O) groups excluding carboxylic acids is 1. The molecule has 1 aliphatic rings. The molecule has 0 bridgehead atoms. The minimum atomic E-state index is -0.143. The highest BCUT2D eigenvalue weighted by molar-refractivity contribution is 5.72. The van der Waals surface area contributed by atoms with E-state index in [-0.39, 0.29) is 24.1 Å². The van der Waals surface area contributed by atoms with Gasteiger partial charge in [0.05, 0.1) is 23.9 Å². The first kappa shape index (κ1) is 31.2. The van der Waals surface area contributed by atoms with E-state index in [9.17, 15) is 4.79 Å². The molecule has 1 aliphatic carbocycles. The maximum absolute atomic E-state index is 11.9. The summed E-state index contributed by atoms with van der Waals surface area (Å²) >= 11 is 0. The lowest BCUT2D eigenvalue weighted by molar-refractivity contribution is -0.153. The maximum Gasteiger partial charge on any atom is 0.309 e. The zero-order valence-electron chi connectivity index (χ0n) is 21.3. The lowest BCUT2D eigenvalue weighted by Crippen LogP contribution is -2.23. The van der Waals surface area contributed by atoms with Crippen LogP contribution in [-0.4, -0.2) is 29.9 Å². The van der Waals surface area contributed by atoms with Crippen molar-refractivity contribution in [3.8, 4) is 0 Å². The molecular weight excluding hydrogens is 376 g/mol. The van der Waals surface area contributed by atoms with Crippen LogP contribution in [0.2, 0.25) is 0 Å². The van der Waals surface area contributed by atoms with Crippen LogP contribution in [-0.2, 0) is 14.3 Å². The van der Waals surface area contributed by atoms with Crippen LogP contribution in [0.25, 0.3) is 0 Å². The monoisotopic (exact) mass is 428 g/mol. The summed E-state index contributed by atoms with van der Waals surface area (Å²) in [6, 6.07) is 0. The molecule has 0 aromatic rings. The Morgan fingerprint density at radius 1 is 0.900 bits per heavy atom. The van der Waals surface area contributed by atoms with Gasteiger partial charge in [-0.3, -0.25) is 4.79 Å². The third-order valence-electron chi connectivity index (χ3n) is 5.94. The van der Waals surface area contributed by atoms with Crippen LogP contribution < -0.4 is 0 Å². The van der Waals surface area contributed by atoms with E-state index in [0.717, 1.165) is 25.2 Å². The van der Waals surface area contributed by atoms with Crippen LogP contribution in [0.3, 0.4) is 0 Å². The van der Waals surface area contributed by atoms with Gasteiger partial charge in [0.1, 0.15) is 0 Å². The Morgan fingerprint density at radius 2 is 1.37 bits per heavy atom. The third kappa shape index (κ3) is 14.9. The smallest absolute Gasteiger partial charge is 0.309 e. The topological polar surface area (TPSA) is 55.8 Å². The highest BCUT2D eigenvalue weighted by atomic mass is 16.5. The summed E-state index contributed by atoms with van der Waals surface area (Å²) in [5.74, 6) is 1.99. The second kappa shape index (κ2) is 19.9. The third-order valence-corrected chi connectivity index (χ3v) is 5.94. The van der Waals surface area contributed by atoms with E-state index < -0.39 is 0 Å². The first-order valence-electron chi connectivity index (χ1n) is 12.5. The summed E-state index contributed by atoms with van der Waals surface area (Å²) in [7, 11) is 0. The van der Waals surface area contributed by atoms with Gasteiger partial charge < -0.3 is 14.6 Å². The van der Waals surface area contributed by atoms with Gasteiger partial charge in [-0.25, -0.2) is 0 Å². The van der Waals surface area contributed by atoms with Crippen LogP contribution in [0.5, 0.6) is 0 Å². The molecular formula is C26H52O4. The fraction of sp³-hybridized carbons (Fsp3) is 0.885. The van der Waals surface area contributed by atoms with Crippen molar-refractivity contribution in [1.82, 2.24) is 0 Å². The number of hydrogen-bond acceptors (Lipinski definition) is 4. The number of aliphatic hydroxyl groups is 1. The fourth-order valence-corrected chi connectivity index (χ4v) is 3.29. The molecule has 0 aromatic heterocycles. The van der Waals surface area contributed by atoms with E-state index in [0.29, 0.717) is 24.7 Å². The van der Waals surface area contributed by atoms with Crippen molar-refractivity contribution in [2.24, 2.45) is 17.8 Å². The van der Waals surface area contributed by atoms with Crippen molar-refractivity contribution in [1.29, 1.82) is 0 Å². The fourth-order valence-electron chi connectivity index (χ4n) is 3.29. The van der Waals surface area contributed by atoms with Crippen LogP contribution in [0.4, 0.5) is 0 Å². The maximum atomic E-state index is 11.9. The van der Waals surface area contributed by atoms with E-state index in [1.165, 1.54) is 32.1 Å². The van der Waals surface area contributed by atoms with Crippen LogP contribution >= 0.6 is 0 Å². The second-order valence-corrected chi connectivity index (χ2v) is 8.32. The number of esters is 1. The quantitative estimate of drug-likeness (QED) is 0.277.